The molecule has 20 heavy (non-hydrogen) atoms. The van der Waals surface area contributed by atoms with Crippen LogP contribution >= 0.6 is 11.8 Å². The van der Waals surface area contributed by atoms with Crippen LogP contribution < -0.4 is 0 Å². The van der Waals surface area contributed by atoms with Gasteiger partial charge < -0.3 is 14.7 Å². The average Bonchev–Trinajstić information content (AvgIpc) is 2.84. The molecule has 6 heteroatoms. The van der Waals surface area contributed by atoms with Crippen LogP contribution in [-0.2, 0) is 14.3 Å². The van der Waals surface area contributed by atoms with E-state index in [1.807, 2.05) is 0 Å². The summed E-state index contributed by atoms with van der Waals surface area (Å²) in [6, 6.07) is -0.673. The fraction of sp³-hybridized carbons (Fsp3) is 0.857. The third-order valence-corrected chi connectivity index (χ3v) is 5.23. The number of amides is 1. The van der Waals surface area contributed by atoms with E-state index in [-0.39, 0.29) is 17.4 Å². The molecule has 2 aliphatic heterocycles. The molecular formula is C14H23NO4S. The number of carboxylic acids is 1. The van der Waals surface area contributed by atoms with Crippen molar-refractivity contribution in [2.75, 3.05) is 12.4 Å². The Morgan fingerprint density at radius 3 is 2.80 bits per heavy atom. The molecule has 0 aromatic carbocycles. The molecule has 2 heterocycles. The molecule has 114 valence electrons. The van der Waals surface area contributed by atoms with Crippen LogP contribution in [-0.4, -0.2) is 51.8 Å². The summed E-state index contributed by atoms with van der Waals surface area (Å²) >= 11 is 1.59. The molecule has 0 saturated carbocycles. The molecule has 0 radical (unpaired) electrons. The van der Waals surface area contributed by atoms with Crippen molar-refractivity contribution in [1.82, 2.24) is 4.90 Å². The van der Waals surface area contributed by atoms with Crippen molar-refractivity contribution in [3.8, 4) is 0 Å². The van der Waals surface area contributed by atoms with E-state index in [9.17, 15) is 14.7 Å². The van der Waals surface area contributed by atoms with Crippen molar-refractivity contribution in [2.24, 2.45) is 0 Å². The second-order valence-corrected chi connectivity index (χ2v) is 6.64. The Balaban J connectivity index is 2.00. The number of carboxylic acid groups (broad SMARTS) is 1. The van der Waals surface area contributed by atoms with E-state index in [1.165, 1.54) is 0 Å². The molecule has 3 atom stereocenters. The van der Waals surface area contributed by atoms with E-state index in [2.05, 4.69) is 6.92 Å². The van der Waals surface area contributed by atoms with Gasteiger partial charge in [-0.15, -0.1) is 11.8 Å². The van der Waals surface area contributed by atoms with Gasteiger partial charge >= 0.3 is 5.97 Å². The van der Waals surface area contributed by atoms with Crippen LogP contribution in [0.1, 0.15) is 45.4 Å². The van der Waals surface area contributed by atoms with Crippen LogP contribution in [0.25, 0.3) is 0 Å². The minimum atomic E-state index is -0.894. The Morgan fingerprint density at radius 2 is 2.20 bits per heavy atom. The molecule has 1 amide bonds. The molecule has 0 bridgehead atoms. The third-order valence-electron chi connectivity index (χ3n) is 3.88. The van der Waals surface area contributed by atoms with E-state index in [1.54, 1.807) is 16.7 Å². The van der Waals surface area contributed by atoms with Crippen LogP contribution in [0.15, 0.2) is 0 Å². The van der Waals surface area contributed by atoms with Crippen LogP contribution in [0.5, 0.6) is 0 Å². The summed E-state index contributed by atoms with van der Waals surface area (Å²) in [6.07, 6.45) is 5.15. The molecule has 5 nitrogen and oxygen atoms in total. The predicted octanol–water partition coefficient (Wildman–Crippen LogP) is 2.10. The standard InChI is InChI=1S/C14H23NO4S/c1-2-5-13-15(11(9-20-13)14(17)18)12(16)8-10-6-3-4-7-19-10/h10-11,13H,2-9H2,1H3,(H,17,18). The monoisotopic (exact) mass is 301 g/mol. The van der Waals surface area contributed by atoms with Crippen LogP contribution in [0.4, 0.5) is 0 Å². The zero-order valence-electron chi connectivity index (χ0n) is 11.9. The fourth-order valence-electron chi connectivity index (χ4n) is 2.83. The lowest BCUT2D eigenvalue weighted by Gasteiger charge is -2.30. The predicted molar refractivity (Wildman–Crippen MR) is 77.6 cm³/mol. The van der Waals surface area contributed by atoms with Crippen molar-refractivity contribution >= 4 is 23.6 Å². The zero-order valence-corrected chi connectivity index (χ0v) is 12.7. The molecular weight excluding hydrogens is 278 g/mol. The van der Waals surface area contributed by atoms with Gasteiger partial charge in [-0.25, -0.2) is 4.79 Å². The average molecular weight is 301 g/mol. The Morgan fingerprint density at radius 1 is 1.40 bits per heavy atom. The first-order valence-corrected chi connectivity index (χ1v) is 8.45. The van der Waals surface area contributed by atoms with Crippen LogP contribution in [0.3, 0.4) is 0 Å². The Labute approximate surface area is 124 Å². The lowest BCUT2D eigenvalue weighted by molar-refractivity contribution is -0.150. The summed E-state index contributed by atoms with van der Waals surface area (Å²) in [4.78, 5) is 25.4. The van der Waals surface area contributed by atoms with E-state index in [4.69, 9.17) is 4.74 Å². The molecule has 0 aliphatic carbocycles. The Kier molecular flexibility index (Phi) is 5.72. The zero-order chi connectivity index (χ0) is 14.5. The number of rotatable bonds is 5. The minimum absolute atomic E-state index is 0.0113. The molecule has 0 spiro atoms. The maximum atomic E-state index is 12.5. The second-order valence-electron chi connectivity index (χ2n) is 5.42. The molecule has 0 aromatic heterocycles. The van der Waals surface area contributed by atoms with Crippen LogP contribution in [0.2, 0.25) is 0 Å². The maximum Gasteiger partial charge on any atom is 0.327 e. The van der Waals surface area contributed by atoms with Gasteiger partial charge in [0.05, 0.1) is 17.9 Å². The number of aliphatic carboxylic acids is 1. The highest BCUT2D eigenvalue weighted by atomic mass is 32.2. The topological polar surface area (TPSA) is 66.8 Å². The highest BCUT2D eigenvalue weighted by molar-refractivity contribution is 8.00. The number of hydrogen-bond donors (Lipinski definition) is 1. The summed E-state index contributed by atoms with van der Waals surface area (Å²) in [6.45, 7) is 2.77. The van der Waals surface area contributed by atoms with Crippen molar-refractivity contribution in [3.63, 3.8) is 0 Å². The molecule has 0 aromatic rings. The summed E-state index contributed by atoms with van der Waals surface area (Å²) in [7, 11) is 0. The van der Waals surface area contributed by atoms with Crippen LogP contribution in [0, 0.1) is 0 Å². The summed E-state index contributed by atoms with van der Waals surface area (Å²) in [5.41, 5.74) is 0. The van der Waals surface area contributed by atoms with Gasteiger partial charge in [0, 0.05) is 12.4 Å². The summed E-state index contributed by atoms with van der Waals surface area (Å²) in [5, 5.41) is 9.30. The molecule has 3 unspecified atom stereocenters. The van der Waals surface area contributed by atoms with Crippen molar-refractivity contribution < 1.29 is 19.4 Å². The smallest absolute Gasteiger partial charge is 0.327 e. The fourth-order valence-corrected chi connectivity index (χ4v) is 4.36. The van der Waals surface area contributed by atoms with Gasteiger partial charge in [0.25, 0.3) is 0 Å². The van der Waals surface area contributed by atoms with E-state index in [0.29, 0.717) is 18.8 Å². The van der Waals surface area contributed by atoms with E-state index < -0.39 is 12.0 Å². The minimum Gasteiger partial charge on any atom is -0.480 e. The first-order chi connectivity index (χ1) is 9.63. The van der Waals surface area contributed by atoms with Gasteiger partial charge in [-0.05, 0) is 25.7 Å². The highest BCUT2D eigenvalue weighted by Gasteiger charge is 2.41. The number of thioether (sulfide) groups is 1. The Bertz CT molecular complexity index is 357. The normalized spacial score (nSPS) is 30.4. The second kappa shape index (κ2) is 7.31. The van der Waals surface area contributed by atoms with Gasteiger partial charge in [-0.1, -0.05) is 13.3 Å². The van der Waals surface area contributed by atoms with Gasteiger partial charge in [-0.3, -0.25) is 4.79 Å². The first kappa shape index (κ1) is 15.6. The molecule has 2 aliphatic rings. The van der Waals surface area contributed by atoms with Crippen molar-refractivity contribution in [3.05, 3.63) is 0 Å². The van der Waals surface area contributed by atoms with E-state index >= 15 is 0 Å². The maximum absolute atomic E-state index is 12.5. The largest absolute Gasteiger partial charge is 0.480 e. The number of nitrogens with zero attached hydrogens (tertiary/aromatic N) is 1. The number of hydrogen-bond acceptors (Lipinski definition) is 4. The lowest BCUT2D eigenvalue weighted by Crippen LogP contribution is -2.46. The van der Waals surface area contributed by atoms with Crippen molar-refractivity contribution in [1.29, 1.82) is 0 Å². The van der Waals surface area contributed by atoms with Crippen molar-refractivity contribution in [2.45, 2.75) is 63.0 Å². The Hall–Kier alpha value is -0.750. The van der Waals surface area contributed by atoms with Gasteiger partial charge in [0.1, 0.15) is 6.04 Å². The molecule has 1 N–H and O–H groups in total. The molecule has 2 fully saturated rings. The molecule has 2 saturated heterocycles. The SMILES string of the molecule is CCCC1SCC(C(=O)O)N1C(=O)CC1CCCCO1. The first-order valence-electron chi connectivity index (χ1n) is 7.40. The lowest BCUT2D eigenvalue weighted by atomic mass is 10.1. The third kappa shape index (κ3) is 3.67. The molecule has 2 rings (SSSR count). The van der Waals surface area contributed by atoms with Gasteiger partial charge in [0.15, 0.2) is 0 Å². The highest BCUT2D eigenvalue weighted by Crippen LogP contribution is 2.33. The summed E-state index contributed by atoms with van der Waals surface area (Å²) in [5.74, 6) is -0.459. The number of carbonyl (C=O) groups excluding carboxylic acids is 1. The van der Waals surface area contributed by atoms with E-state index in [0.717, 1.165) is 32.1 Å². The number of carbonyl (C=O) groups is 2. The quantitative estimate of drug-likeness (QED) is 0.842. The van der Waals surface area contributed by atoms with Gasteiger partial charge in [0.2, 0.25) is 5.91 Å². The number of ether oxygens (including phenoxy) is 1. The summed E-state index contributed by atoms with van der Waals surface area (Å²) < 4.78 is 5.60. The van der Waals surface area contributed by atoms with Gasteiger partial charge in [-0.2, -0.15) is 0 Å².